The van der Waals surface area contributed by atoms with Crippen LogP contribution in [0.2, 0.25) is 0 Å². The van der Waals surface area contributed by atoms with Crippen molar-refractivity contribution >= 4 is 0 Å². The minimum absolute atomic E-state index is 0.603. The number of methoxy groups -OCH3 is 1. The van der Waals surface area contributed by atoms with Gasteiger partial charge in [0.05, 0.1) is 7.11 Å². The molecule has 0 radical (unpaired) electrons. The van der Waals surface area contributed by atoms with Crippen LogP contribution >= 0.6 is 0 Å². The number of aromatic nitrogens is 1. The van der Waals surface area contributed by atoms with E-state index in [1.54, 1.807) is 19.6 Å². The quantitative estimate of drug-likeness (QED) is 0.801. The van der Waals surface area contributed by atoms with Gasteiger partial charge in [-0.25, -0.2) is 4.98 Å². The molecular formula is C16H14N2O2. The van der Waals surface area contributed by atoms with Crippen molar-refractivity contribution in [3.63, 3.8) is 0 Å². The zero-order valence-corrected chi connectivity index (χ0v) is 11.2. The largest absolute Gasteiger partial charge is 0.481 e. The van der Waals surface area contributed by atoms with E-state index in [9.17, 15) is 0 Å². The standard InChI is InChI=1S/C16H14N2O2/c1-19-16-9-11(7-8-18-16)12-5-6-15(20-10-17)14-4-2-3-13(12)14/h5-9H,2-4H2,1H3. The lowest BCUT2D eigenvalue weighted by Crippen LogP contribution is -1.94. The van der Waals surface area contributed by atoms with Crippen LogP contribution in [0.15, 0.2) is 30.5 Å². The number of rotatable bonds is 3. The summed E-state index contributed by atoms with van der Waals surface area (Å²) in [5.41, 5.74) is 4.67. The highest BCUT2D eigenvalue weighted by atomic mass is 16.5. The van der Waals surface area contributed by atoms with Crippen molar-refractivity contribution < 1.29 is 9.47 Å². The molecule has 0 aliphatic heterocycles. The van der Waals surface area contributed by atoms with Crippen molar-refractivity contribution in [2.24, 2.45) is 0 Å². The summed E-state index contributed by atoms with van der Waals surface area (Å²) in [7, 11) is 1.61. The zero-order valence-electron chi connectivity index (χ0n) is 11.2. The summed E-state index contributed by atoms with van der Waals surface area (Å²) in [5, 5.41) is 8.71. The third-order valence-electron chi connectivity index (χ3n) is 3.65. The Labute approximate surface area is 117 Å². The van der Waals surface area contributed by atoms with Gasteiger partial charge in [-0.05, 0) is 53.6 Å². The van der Waals surface area contributed by atoms with Crippen LogP contribution in [0.4, 0.5) is 0 Å². The lowest BCUT2D eigenvalue weighted by Gasteiger charge is -2.11. The number of fused-ring (bicyclic) bond motifs is 1. The molecule has 20 heavy (non-hydrogen) atoms. The number of nitriles is 1. The van der Waals surface area contributed by atoms with Gasteiger partial charge >= 0.3 is 0 Å². The highest BCUT2D eigenvalue weighted by molar-refractivity contribution is 5.72. The van der Waals surface area contributed by atoms with Gasteiger partial charge in [0.25, 0.3) is 6.26 Å². The lowest BCUT2D eigenvalue weighted by molar-refractivity contribution is 0.398. The molecule has 0 bridgehead atoms. The summed E-state index contributed by atoms with van der Waals surface area (Å²) in [4.78, 5) is 4.13. The number of hydrogen-bond acceptors (Lipinski definition) is 4. The molecule has 1 aliphatic rings. The second-order valence-corrected chi connectivity index (χ2v) is 4.70. The molecule has 100 valence electrons. The molecule has 0 fully saturated rings. The molecule has 0 saturated heterocycles. The first-order chi connectivity index (χ1) is 9.83. The number of nitrogens with zero attached hydrogens (tertiary/aromatic N) is 2. The SMILES string of the molecule is COc1cc(-c2ccc(OC#N)c3c2CCC3)ccn1. The first-order valence-corrected chi connectivity index (χ1v) is 6.54. The fourth-order valence-electron chi connectivity index (χ4n) is 2.78. The van der Waals surface area contributed by atoms with Crippen LogP contribution in [0.25, 0.3) is 11.1 Å². The van der Waals surface area contributed by atoms with Gasteiger partial charge in [-0.15, -0.1) is 5.26 Å². The number of pyridine rings is 1. The van der Waals surface area contributed by atoms with Crippen LogP contribution < -0.4 is 9.47 Å². The Morgan fingerprint density at radius 2 is 2.05 bits per heavy atom. The van der Waals surface area contributed by atoms with E-state index in [0.29, 0.717) is 11.6 Å². The van der Waals surface area contributed by atoms with Crippen LogP contribution in [-0.2, 0) is 12.8 Å². The molecule has 0 saturated carbocycles. The second kappa shape index (κ2) is 5.22. The molecule has 1 heterocycles. The van der Waals surface area contributed by atoms with E-state index in [1.165, 1.54) is 11.1 Å². The van der Waals surface area contributed by atoms with Gasteiger partial charge in [-0.1, -0.05) is 6.07 Å². The molecular weight excluding hydrogens is 252 g/mol. The van der Waals surface area contributed by atoms with Gasteiger partial charge in [-0.2, -0.15) is 0 Å². The monoisotopic (exact) mass is 266 g/mol. The number of hydrogen-bond donors (Lipinski definition) is 0. The maximum absolute atomic E-state index is 8.71. The molecule has 1 aliphatic carbocycles. The van der Waals surface area contributed by atoms with E-state index in [4.69, 9.17) is 14.7 Å². The first kappa shape index (κ1) is 12.5. The van der Waals surface area contributed by atoms with Gasteiger partial charge < -0.3 is 9.47 Å². The molecule has 3 rings (SSSR count). The topological polar surface area (TPSA) is 55.1 Å². The van der Waals surface area contributed by atoms with Gasteiger partial charge in [0.1, 0.15) is 5.75 Å². The average Bonchev–Trinajstić information content (AvgIpc) is 2.98. The summed E-state index contributed by atoms with van der Waals surface area (Å²) >= 11 is 0. The highest BCUT2D eigenvalue weighted by Crippen LogP contribution is 2.38. The zero-order chi connectivity index (χ0) is 13.9. The fourth-order valence-corrected chi connectivity index (χ4v) is 2.78. The molecule has 0 amide bonds. The average molecular weight is 266 g/mol. The Morgan fingerprint density at radius 3 is 2.85 bits per heavy atom. The van der Waals surface area contributed by atoms with Crippen molar-refractivity contribution in [1.29, 1.82) is 5.26 Å². The van der Waals surface area contributed by atoms with Crippen LogP contribution in [0.5, 0.6) is 11.6 Å². The molecule has 1 aromatic carbocycles. The molecule has 2 aromatic rings. The van der Waals surface area contributed by atoms with Crippen molar-refractivity contribution in [1.82, 2.24) is 4.98 Å². The second-order valence-electron chi connectivity index (χ2n) is 4.70. The Balaban J connectivity index is 2.11. The van der Waals surface area contributed by atoms with Crippen LogP contribution in [0, 0.1) is 11.5 Å². The smallest absolute Gasteiger partial charge is 0.292 e. The van der Waals surface area contributed by atoms with Gasteiger partial charge in [0.2, 0.25) is 5.88 Å². The third-order valence-corrected chi connectivity index (χ3v) is 3.65. The van der Waals surface area contributed by atoms with Gasteiger partial charge in [0, 0.05) is 12.3 Å². The predicted octanol–water partition coefficient (Wildman–Crippen LogP) is 3.11. The van der Waals surface area contributed by atoms with E-state index < -0.39 is 0 Å². The van der Waals surface area contributed by atoms with E-state index in [-0.39, 0.29) is 0 Å². The Hall–Kier alpha value is -2.54. The molecule has 1 aromatic heterocycles. The van der Waals surface area contributed by atoms with E-state index in [1.807, 2.05) is 24.3 Å². The summed E-state index contributed by atoms with van der Waals surface area (Å²) in [5.74, 6) is 1.29. The van der Waals surface area contributed by atoms with Crippen molar-refractivity contribution in [3.05, 3.63) is 41.6 Å². The van der Waals surface area contributed by atoms with E-state index in [0.717, 1.165) is 30.4 Å². The molecule has 4 heteroatoms. The fraction of sp³-hybridized carbons (Fsp3) is 0.250. The first-order valence-electron chi connectivity index (χ1n) is 6.54. The Morgan fingerprint density at radius 1 is 1.20 bits per heavy atom. The van der Waals surface area contributed by atoms with E-state index in [2.05, 4.69) is 4.98 Å². The normalized spacial score (nSPS) is 12.6. The summed E-state index contributed by atoms with van der Waals surface area (Å²) < 4.78 is 10.2. The van der Waals surface area contributed by atoms with Gasteiger partial charge in [-0.3, -0.25) is 0 Å². The maximum Gasteiger partial charge on any atom is 0.292 e. The number of ether oxygens (including phenoxy) is 2. The Bertz CT molecular complexity index is 689. The lowest BCUT2D eigenvalue weighted by atomic mass is 9.97. The van der Waals surface area contributed by atoms with Crippen molar-refractivity contribution in [2.75, 3.05) is 7.11 Å². The summed E-state index contributed by atoms with van der Waals surface area (Å²) in [6.07, 6.45) is 6.57. The summed E-state index contributed by atoms with van der Waals surface area (Å²) in [6, 6.07) is 7.78. The van der Waals surface area contributed by atoms with Gasteiger partial charge in [0.15, 0.2) is 0 Å². The highest BCUT2D eigenvalue weighted by Gasteiger charge is 2.20. The van der Waals surface area contributed by atoms with Crippen LogP contribution in [0.1, 0.15) is 17.5 Å². The van der Waals surface area contributed by atoms with Crippen LogP contribution in [-0.4, -0.2) is 12.1 Å². The molecule has 0 unspecified atom stereocenters. The van der Waals surface area contributed by atoms with E-state index >= 15 is 0 Å². The third kappa shape index (κ3) is 2.08. The minimum Gasteiger partial charge on any atom is -0.481 e. The number of benzene rings is 1. The molecule has 0 N–H and O–H groups in total. The minimum atomic E-state index is 0.603. The maximum atomic E-state index is 8.71. The van der Waals surface area contributed by atoms with Crippen molar-refractivity contribution in [2.45, 2.75) is 19.3 Å². The Kier molecular flexibility index (Phi) is 3.26. The van der Waals surface area contributed by atoms with Crippen molar-refractivity contribution in [3.8, 4) is 29.0 Å². The predicted molar refractivity (Wildman–Crippen MR) is 74.5 cm³/mol. The molecule has 0 atom stereocenters. The molecule has 4 nitrogen and oxygen atoms in total. The van der Waals surface area contributed by atoms with Crippen LogP contribution in [0.3, 0.4) is 0 Å². The molecule has 0 spiro atoms. The summed E-state index contributed by atoms with van der Waals surface area (Å²) in [6.45, 7) is 0.